The molecule has 2 bridgehead atoms. The van der Waals surface area contributed by atoms with Crippen molar-refractivity contribution >= 4 is 38.6 Å². The van der Waals surface area contributed by atoms with Gasteiger partial charge in [-0.15, -0.1) is 0 Å². The van der Waals surface area contributed by atoms with Crippen LogP contribution in [-0.2, 0) is 14.3 Å². The minimum Gasteiger partial charge on any atom is -0.456 e. The monoisotopic (exact) mass is 398 g/mol. The molecule has 9 heteroatoms. The molecule has 3 unspecified atom stereocenters. The van der Waals surface area contributed by atoms with Crippen LogP contribution in [-0.4, -0.2) is 23.5 Å². The Hall–Kier alpha value is -2.16. The fraction of sp³-hybridized carbons (Fsp3) is 0.500. The maximum atomic E-state index is 13.7. The topological polar surface area (TPSA) is 68.3 Å². The number of nitrogens with zero attached hydrogens (tertiary/aromatic N) is 1. The third-order valence-corrected chi connectivity index (χ3v) is 6.36. The minimum absolute atomic E-state index is 0.0250. The van der Waals surface area contributed by atoms with Gasteiger partial charge in [0.25, 0.3) is 5.91 Å². The number of nitrogens with one attached hydrogen (secondary N) is 1. The molecule has 2 aliphatic carbocycles. The Morgan fingerprint density at radius 2 is 2.04 bits per heavy atom. The van der Waals surface area contributed by atoms with E-state index in [9.17, 15) is 22.8 Å². The lowest BCUT2D eigenvalue weighted by molar-refractivity contribution is -0.148. The summed E-state index contributed by atoms with van der Waals surface area (Å²) in [5.41, 5.74) is -0.359. The second kappa shape index (κ2) is 7.10. The number of carbonyl (C=O) groups excluding carboxylic acids is 2. The molecule has 5 nitrogen and oxygen atoms in total. The maximum absolute atomic E-state index is 13.7. The predicted molar refractivity (Wildman–Crippen MR) is 92.6 cm³/mol. The van der Waals surface area contributed by atoms with Crippen LogP contribution in [0.3, 0.4) is 0 Å². The van der Waals surface area contributed by atoms with Crippen molar-refractivity contribution < 1.29 is 27.5 Å². The fourth-order valence-corrected chi connectivity index (χ4v) is 5.13. The molecule has 0 radical (unpaired) electrons. The molecular weight excluding hydrogens is 381 g/mol. The van der Waals surface area contributed by atoms with Gasteiger partial charge in [-0.1, -0.05) is 17.8 Å². The summed E-state index contributed by atoms with van der Waals surface area (Å²) in [4.78, 5) is 27.6. The number of fused-ring (bicyclic) bond motifs is 3. The number of carbonyl (C=O) groups is 2. The first-order chi connectivity index (χ1) is 12.9. The van der Waals surface area contributed by atoms with Crippen LogP contribution in [0, 0.1) is 35.2 Å². The zero-order valence-electron chi connectivity index (χ0n) is 14.3. The Labute approximate surface area is 156 Å². The number of benzene rings is 1. The summed E-state index contributed by atoms with van der Waals surface area (Å²) in [5, 5.41) is 2.33. The minimum atomic E-state index is -1.61. The second-order valence-corrected chi connectivity index (χ2v) is 8.23. The van der Waals surface area contributed by atoms with Crippen molar-refractivity contribution in [3.8, 4) is 0 Å². The number of thiazole rings is 1. The van der Waals surface area contributed by atoms with E-state index in [-0.39, 0.29) is 15.3 Å². The van der Waals surface area contributed by atoms with E-state index in [4.69, 9.17) is 4.74 Å². The number of ether oxygens (including phenoxy) is 1. The van der Waals surface area contributed by atoms with E-state index in [1.165, 1.54) is 19.3 Å². The van der Waals surface area contributed by atoms with Crippen LogP contribution >= 0.6 is 11.3 Å². The van der Waals surface area contributed by atoms with Crippen molar-refractivity contribution in [2.45, 2.75) is 32.1 Å². The van der Waals surface area contributed by atoms with Gasteiger partial charge in [-0.2, -0.15) is 0 Å². The highest BCUT2D eigenvalue weighted by Crippen LogP contribution is 2.49. The third kappa shape index (κ3) is 3.65. The largest absolute Gasteiger partial charge is 0.456 e. The average Bonchev–Trinajstić information content (AvgIpc) is 3.33. The van der Waals surface area contributed by atoms with Crippen molar-refractivity contribution in [3.63, 3.8) is 0 Å². The molecule has 4 rings (SSSR count). The van der Waals surface area contributed by atoms with Crippen LogP contribution in [0.25, 0.3) is 10.2 Å². The summed E-state index contributed by atoms with van der Waals surface area (Å²) < 4.78 is 45.2. The first-order valence-electron chi connectivity index (χ1n) is 8.80. The normalized spacial score (nSPS) is 23.7. The average molecular weight is 398 g/mol. The molecule has 2 saturated carbocycles. The van der Waals surface area contributed by atoms with Gasteiger partial charge in [0.05, 0.1) is 4.70 Å². The van der Waals surface area contributed by atoms with Gasteiger partial charge in [-0.05, 0) is 43.1 Å². The standard InChI is InChI=1S/C18H17F3N2O3S/c19-11-6-12-17(16(21)15(11)20)23-18(27-12)22-13(24)7-26-14(25)5-10-4-8-1-2-9(10)3-8/h6,8-10H,1-5,7H2,(H,22,23,24). The van der Waals surface area contributed by atoms with Crippen LogP contribution in [0.5, 0.6) is 0 Å². The van der Waals surface area contributed by atoms with Gasteiger partial charge < -0.3 is 4.74 Å². The number of aromatic nitrogens is 1. The number of anilines is 1. The molecule has 27 heavy (non-hydrogen) atoms. The molecule has 3 atom stereocenters. The van der Waals surface area contributed by atoms with Crippen LogP contribution < -0.4 is 5.32 Å². The molecule has 144 valence electrons. The smallest absolute Gasteiger partial charge is 0.306 e. The number of esters is 1. The molecule has 2 fully saturated rings. The predicted octanol–water partition coefficient (Wildman–Crippen LogP) is 4.02. The highest BCUT2D eigenvalue weighted by atomic mass is 32.1. The zero-order chi connectivity index (χ0) is 19.1. The molecule has 0 aliphatic heterocycles. The van der Waals surface area contributed by atoms with E-state index in [2.05, 4.69) is 10.3 Å². The van der Waals surface area contributed by atoms with Crippen molar-refractivity contribution in [2.75, 3.05) is 11.9 Å². The molecule has 1 N–H and O–H groups in total. The lowest BCUT2D eigenvalue weighted by atomic mass is 9.86. The molecule has 1 aromatic heterocycles. The van der Waals surface area contributed by atoms with Crippen molar-refractivity contribution in [3.05, 3.63) is 23.5 Å². The highest BCUT2D eigenvalue weighted by molar-refractivity contribution is 7.22. The van der Waals surface area contributed by atoms with Gasteiger partial charge in [0.2, 0.25) is 0 Å². The number of rotatable bonds is 5. The first kappa shape index (κ1) is 18.2. The molecule has 1 heterocycles. The van der Waals surface area contributed by atoms with Gasteiger partial charge in [0, 0.05) is 6.42 Å². The SMILES string of the molecule is O=C(COC(=O)CC1CC2CCC1C2)Nc1nc2c(F)c(F)c(F)cc2s1. The highest BCUT2D eigenvalue weighted by Gasteiger charge is 2.40. The van der Waals surface area contributed by atoms with Gasteiger partial charge in [-0.25, -0.2) is 18.2 Å². The molecule has 2 aliphatic rings. The second-order valence-electron chi connectivity index (χ2n) is 7.20. The van der Waals surface area contributed by atoms with E-state index in [0.717, 1.165) is 29.7 Å². The fourth-order valence-electron chi connectivity index (χ4n) is 4.23. The summed E-state index contributed by atoms with van der Waals surface area (Å²) in [6.45, 7) is -0.485. The molecule has 2 aromatic rings. The van der Waals surface area contributed by atoms with Crippen molar-refractivity contribution in [1.82, 2.24) is 4.98 Å². The van der Waals surface area contributed by atoms with Gasteiger partial charge in [0.15, 0.2) is 29.2 Å². The van der Waals surface area contributed by atoms with Crippen LogP contribution in [0.1, 0.15) is 32.1 Å². The Balaban J connectivity index is 1.31. The first-order valence-corrected chi connectivity index (χ1v) is 9.62. The van der Waals surface area contributed by atoms with Gasteiger partial charge in [0.1, 0.15) is 5.52 Å². The zero-order valence-corrected chi connectivity index (χ0v) is 15.1. The molecular formula is C18H17F3N2O3S. The van der Waals surface area contributed by atoms with E-state index in [0.29, 0.717) is 18.3 Å². The van der Waals surface area contributed by atoms with E-state index < -0.39 is 35.9 Å². The van der Waals surface area contributed by atoms with E-state index in [1.54, 1.807) is 0 Å². The number of hydrogen-bond acceptors (Lipinski definition) is 5. The Morgan fingerprint density at radius 3 is 2.74 bits per heavy atom. The Bertz CT molecular complexity index is 917. The van der Waals surface area contributed by atoms with E-state index in [1.807, 2.05) is 0 Å². The molecule has 1 aromatic carbocycles. The summed E-state index contributed by atoms with van der Waals surface area (Å²) in [5.74, 6) is -3.73. The number of amides is 1. The van der Waals surface area contributed by atoms with Crippen LogP contribution in [0.4, 0.5) is 18.3 Å². The summed E-state index contributed by atoms with van der Waals surface area (Å²) >= 11 is 0.801. The quantitative estimate of drug-likeness (QED) is 0.610. The van der Waals surface area contributed by atoms with Crippen LogP contribution in [0.2, 0.25) is 0 Å². The van der Waals surface area contributed by atoms with Gasteiger partial charge in [-0.3, -0.25) is 14.9 Å². The van der Waals surface area contributed by atoms with Gasteiger partial charge >= 0.3 is 5.97 Å². The van der Waals surface area contributed by atoms with E-state index >= 15 is 0 Å². The van der Waals surface area contributed by atoms with Crippen molar-refractivity contribution in [1.29, 1.82) is 0 Å². The Kier molecular flexibility index (Phi) is 4.79. The maximum Gasteiger partial charge on any atom is 0.306 e. The lowest BCUT2D eigenvalue weighted by Gasteiger charge is -2.20. The summed E-state index contributed by atoms with van der Waals surface area (Å²) in [6, 6.07) is 0.816. The third-order valence-electron chi connectivity index (χ3n) is 5.45. The van der Waals surface area contributed by atoms with Crippen molar-refractivity contribution in [2.24, 2.45) is 17.8 Å². The summed E-state index contributed by atoms with van der Waals surface area (Å²) in [6.07, 6.45) is 4.97. The molecule has 1 amide bonds. The van der Waals surface area contributed by atoms with Crippen LogP contribution in [0.15, 0.2) is 6.07 Å². The number of halogens is 3. The summed E-state index contributed by atoms with van der Waals surface area (Å²) in [7, 11) is 0. The molecule has 0 saturated heterocycles. The number of hydrogen-bond donors (Lipinski definition) is 1. The molecule has 0 spiro atoms. The lowest BCUT2D eigenvalue weighted by Crippen LogP contribution is -2.23. The Morgan fingerprint density at radius 1 is 1.22 bits per heavy atom.